The number of hydrogen-bond acceptors (Lipinski definition) is 13. The Morgan fingerprint density at radius 2 is 1.75 bits per heavy atom. The summed E-state index contributed by atoms with van der Waals surface area (Å²) in [6.07, 6.45) is 8.58. The van der Waals surface area contributed by atoms with Crippen molar-refractivity contribution in [3.63, 3.8) is 0 Å². The quantitative estimate of drug-likeness (QED) is 0.0811. The first-order valence-corrected chi connectivity index (χ1v) is 26.0. The molecule has 17 nitrogen and oxygen atoms in total. The van der Waals surface area contributed by atoms with Crippen LogP contribution in [0.15, 0.2) is 89.6 Å². The van der Waals surface area contributed by atoms with Crippen molar-refractivity contribution in [2.24, 2.45) is 11.3 Å². The lowest BCUT2D eigenvalue weighted by Gasteiger charge is -2.39. The molecule has 1 aliphatic carbocycles. The fourth-order valence-corrected chi connectivity index (χ4v) is 11.6. The van der Waals surface area contributed by atoms with E-state index in [-0.39, 0.29) is 46.7 Å². The minimum absolute atomic E-state index is 0.00924. The first kappa shape index (κ1) is 46.4. The number of sulfonamides is 2. The standard InChI is InChI=1S/C47H53ClN8O9S2/c1-47(2)14-10-33(39(26-47)30-4-6-34(48)7-5-30)28-53-18-20-54(21-19-53)35-8-9-38(42(23-35)65-36-22-32-11-15-49-45(32)50-27-36)46(57)52-67(62,63)37-24-41(56(58)59)44-43(25-37)64-29-40(51-44)31-12-16-55(17-13-31)66(3,60)61/h4-9,11,15,22-25,27,31,40,51H,10,12-14,16-21,26,28-29H2,1-3H3,(H,49,50)(H,52,57)/t40-/m0/s1. The highest BCUT2D eigenvalue weighted by Gasteiger charge is 2.37. The van der Waals surface area contributed by atoms with Crippen LogP contribution >= 0.6 is 11.6 Å². The van der Waals surface area contributed by atoms with Crippen LogP contribution in [-0.4, -0.2) is 112 Å². The van der Waals surface area contributed by atoms with Crippen LogP contribution in [0.3, 0.4) is 0 Å². The number of amides is 1. The topological polar surface area (TPSA) is 209 Å². The van der Waals surface area contributed by atoms with Gasteiger partial charge in [-0.25, -0.2) is 30.8 Å². The van der Waals surface area contributed by atoms with Crippen molar-refractivity contribution in [2.45, 2.75) is 56.9 Å². The van der Waals surface area contributed by atoms with Gasteiger partial charge in [0.2, 0.25) is 10.0 Å². The summed E-state index contributed by atoms with van der Waals surface area (Å²) in [5, 5.41) is 17.1. The van der Waals surface area contributed by atoms with E-state index in [1.807, 2.05) is 18.2 Å². The predicted octanol–water partition coefficient (Wildman–Crippen LogP) is 7.67. The van der Waals surface area contributed by atoms with Crippen LogP contribution in [0, 0.1) is 21.4 Å². The van der Waals surface area contributed by atoms with Gasteiger partial charge < -0.3 is 24.7 Å². The van der Waals surface area contributed by atoms with Crippen LogP contribution in [0.5, 0.6) is 17.2 Å². The summed E-state index contributed by atoms with van der Waals surface area (Å²) in [5.41, 5.74) is 5.06. The Morgan fingerprint density at radius 1 is 1.00 bits per heavy atom. The van der Waals surface area contributed by atoms with Crippen LogP contribution < -0.4 is 24.4 Å². The molecule has 2 fully saturated rings. The van der Waals surface area contributed by atoms with Gasteiger partial charge in [-0.3, -0.25) is 19.8 Å². The van der Waals surface area contributed by atoms with Gasteiger partial charge in [-0.15, -0.1) is 0 Å². The number of nitrogens with zero attached hydrogens (tertiary/aromatic N) is 5. The Kier molecular flexibility index (Phi) is 12.7. The number of anilines is 2. The van der Waals surface area contributed by atoms with E-state index in [1.165, 1.54) is 33.3 Å². The number of rotatable bonds is 12. The monoisotopic (exact) mass is 972 g/mol. The highest BCUT2D eigenvalue weighted by atomic mass is 35.5. The fraction of sp³-hybridized carbons (Fsp3) is 0.404. The molecule has 5 aromatic rings. The Hall–Kier alpha value is -5.73. The number of halogens is 1. The Labute approximate surface area is 394 Å². The molecule has 0 unspecified atom stereocenters. The van der Waals surface area contributed by atoms with Crippen LogP contribution in [0.25, 0.3) is 16.6 Å². The molecule has 0 saturated carbocycles. The number of pyridine rings is 1. The van der Waals surface area contributed by atoms with E-state index in [9.17, 15) is 31.7 Å². The SMILES string of the molecule is CC1(C)CCC(CN2CCN(c3ccc(C(=O)NS(=O)(=O)c4cc5c(c([N+](=O)[O-])c4)N[C@H](C4CCN(S(C)(=O)=O)CC4)CO5)c(Oc4cnc5[nH]ccc5c4)c3)CC2)=C(c2ccc(Cl)cc2)C1. The van der Waals surface area contributed by atoms with E-state index in [0.717, 1.165) is 68.4 Å². The first-order valence-electron chi connectivity index (χ1n) is 22.3. The van der Waals surface area contributed by atoms with Crippen molar-refractivity contribution in [1.29, 1.82) is 0 Å². The smallest absolute Gasteiger partial charge is 0.297 e. The lowest BCUT2D eigenvalue weighted by Crippen LogP contribution is -2.47. The number of nitro benzene ring substituents is 1. The van der Waals surface area contributed by atoms with Crippen LogP contribution in [0.2, 0.25) is 5.02 Å². The van der Waals surface area contributed by atoms with Crippen molar-refractivity contribution in [3.05, 3.63) is 111 Å². The van der Waals surface area contributed by atoms with Gasteiger partial charge in [-0.1, -0.05) is 43.2 Å². The summed E-state index contributed by atoms with van der Waals surface area (Å²) in [6, 6.07) is 18.4. The zero-order valence-electron chi connectivity index (χ0n) is 37.5. The first-order chi connectivity index (χ1) is 31.9. The average Bonchev–Trinajstić information content (AvgIpc) is 3.77. The second-order valence-corrected chi connectivity index (χ2v) is 22.7. The molecule has 354 valence electrons. The number of hydrogen-bond donors (Lipinski definition) is 3. The number of aromatic amines is 1. The third-order valence-corrected chi connectivity index (χ3v) is 16.3. The van der Waals surface area contributed by atoms with Gasteiger partial charge in [0, 0.05) is 86.3 Å². The maximum atomic E-state index is 14.1. The molecule has 0 bridgehead atoms. The Bertz CT molecular complexity index is 2980. The van der Waals surface area contributed by atoms with Crippen molar-refractivity contribution in [2.75, 3.05) is 68.9 Å². The van der Waals surface area contributed by atoms with Crippen molar-refractivity contribution in [3.8, 4) is 17.2 Å². The molecule has 5 heterocycles. The van der Waals surface area contributed by atoms with Gasteiger partial charge in [-0.2, -0.15) is 0 Å². The number of ether oxygens (including phenoxy) is 2. The highest BCUT2D eigenvalue weighted by Crippen LogP contribution is 2.44. The summed E-state index contributed by atoms with van der Waals surface area (Å²) in [5.74, 6) is -0.713. The summed E-state index contributed by atoms with van der Waals surface area (Å²) < 4.78 is 67.8. The van der Waals surface area contributed by atoms with Crippen molar-refractivity contribution < 1.29 is 36.0 Å². The number of H-pyrrole nitrogens is 1. The highest BCUT2D eigenvalue weighted by molar-refractivity contribution is 7.90. The minimum Gasteiger partial charge on any atom is -0.489 e. The molecular weight excluding hydrogens is 920 g/mol. The number of carbonyl (C=O) groups is 1. The van der Waals surface area contributed by atoms with Gasteiger partial charge in [0.15, 0.2) is 11.4 Å². The van der Waals surface area contributed by atoms with Gasteiger partial charge in [-0.05, 0) is 91.0 Å². The fourth-order valence-electron chi connectivity index (χ4n) is 9.62. The molecule has 1 amide bonds. The largest absolute Gasteiger partial charge is 0.489 e. The number of aromatic nitrogens is 2. The molecule has 1 atom stereocenters. The molecule has 0 radical (unpaired) electrons. The van der Waals surface area contributed by atoms with E-state index in [0.29, 0.717) is 55.4 Å². The molecule has 0 spiro atoms. The van der Waals surface area contributed by atoms with Crippen LogP contribution in [-0.2, 0) is 20.0 Å². The maximum absolute atomic E-state index is 14.1. The molecule has 3 aromatic carbocycles. The van der Waals surface area contributed by atoms with Gasteiger partial charge >= 0.3 is 0 Å². The molecule has 3 N–H and O–H groups in total. The van der Waals surface area contributed by atoms with Crippen molar-refractivity contribution >= 4 is 71.2 Å². The van der Waals surface area contributed by atoms with E-state index in [1.54, 1.807) is 24.4 Å². The molecule has 9 rings (SSSR count). The molecule has 4 aliphatic rings. The molecule has 2 saturated heterocycles. The number of piperidine rings is 1. The second kappa shape index (κ2) is 18.4. The normalized spacial score (nSPS) is 19.6. The van der Waals surface area contributed by atoms with Gasteiger partial charge in [0.25, 0.3) is 21.6 Å². The molecule has 20 heteroatoms. The van der Waals surface area contributed by atoms with Crippen molar-refractivity contribution in [1.82, 2.24) is 23.9 Å². The number of fused-ring (bicyclic) bond motifs is 2. The summed E-state index contributed by atoms with van der Waals surface area (Å²) in [7, 11) is -8.06. The van der Waals surface area contributed by atoms with E-state index >= 15 is 0 Å². The lowest BCUT2D eigenvalue weighted by atomic mass is 9.72. The van der Waals surface area contributed by atoms with Gasteiger partial charge in [0.05, 0.1) is 33.9 Å². The number of nitro groups is 1. The number of piperazine rings is 1. The predicted molar refractivity (Wildman–Crippen MR) is 257 cm³/mol. The number of allylic oxidation sites excluding steroid dienone is 1. The van der Waals surface area contributed by atoms with E-state index in [2.05, 4.69) is 55.8 Å². The number of carbonyl (C=O) groups excluding carboxylic acids is 1. The van der Waals surface area contributed by atoms with E-state index < -0.39 is 41.5 Å². The number of nitrogens with one attached hydrogen (secondary N) is 3. The average molecular weight is 974 g/mol. The zero-order valence-corrected chi connectivity index (χ0v) is 39.8. The molecule has 2 aromatic heterocycles. The summed E-state index contributed by atoms with van der Waals surface area (Å²) in [6.45, 7) is 9.18. The maximum Gasteiger partial charge on any atom is 0.297 e. The summed E-state index contributed by atoms with van der Waals surface area (Å²) in [4.78, 5) is 37.4. The molecular formula is C47H53ClN8O9S2. The summed E-state index contributed by atoms with van der Waals surface area (Å²) >= 11 is 6.25. The molecule has 3 aliphatic heterocycles. The molecule has 67 heavy (non-hydrogen) atoms. The minimum atomic E-state index is -4.71. The third-order valence-electron chi connectivity index (χ3n) is 13.4. The lowest BCUT2D eigenvalue weighted by molar-refractivity contribution is -0.384. The van der Waals surface area contributed by atoms with Gasteiger partial charge in [0.1, 0.15) is 23.8 Å². The number of benzene rings is 3. The second-order valence-electron chi connectivity index (χ2n) is 18.6. The Balaban J connectivity index is 0.932. The zero-order chi connectivity index (χ0) is 47.3. The van der Waals surface area contributed by atoms with Crippen LogP contribution in [0.1, 0.15) is 61.9 Å². The van der Waals surface area contributed by atoms with Crippen LogP contribution in [0.4, 0.5) is 17.1 Å². The van der Waals surface area contributed by atoms with E-state index in [4.69, 9.17) is 21.1 Å². The third kappa shape index (κ3) is 10.3. The Morgan fingerprint density at radius 3 is 2.46 bits per heavy atom.